The van der Waals surface area contributed by atoms with Gasteiger partial charge in [-0.3, -0.25) is 19.2 Å². The molecule has 0 fully saturated rings. The number of nitrogens with one attached hydrogen (secondary N) is 3. The van der Waals surface area contributed by atoms with Crippen molar-refractivity contribution >= 4 is 35.1 Å². The van der Waals surface area contributed by atoms with Crippen molar-refractivity contribution in [2.75, 3.05) is 38.0 Å². The number of carbonyl (C=O) groups is 4. The number of carbonyl (C=O) groups excluding carboxylic acids is 3. The highest BCUT2D eigenvalue weighted by molar-refractivity contribution is 5.99. The molecule has 10 heteroatoms. The fraction of sp³-hybridized carbons (Fsp3) is 0.643. The Kier molecular flexibility index (Phi) is 26.7. The SMILES string of the molecule is CCC(=O)Nc1ccccc1NC(=O)CC.CCCCCCCNC(C)=O.CO.COCC(C)(C)C(=O)O. The van der Waals surface area contributed by atoms with Crippen LogP contribution in [-0.2, 0) is 23.9 Å². The van der Waals surface area contributed by atoms with Gasteiger partial charge in [0.25, 0.3) is 0 Å². The summed E-state index contributed by atoms with van der Waals surface area (Å²) in [5.41, 5.74) is 0.515. The number of anilines is 2. The number of carboxylic acid groups (broad SMARTS) is 1. The first kappa shape index (κ1) is 39.5. The van der Waals surface area contributed by atoms with Crippen molar-refractivity contribution in [2.45, 2.75) is 86.5 Å². The van der Waals surface area contributed by atoms with E-state index in [1.54, 1.807) is 46.8 Å². The van der Waals surface area contributed by atoms with Crippen LogP contribution in [0.1, 0.15) is 86.5 Å². The third kappa shape index (κ3) is 23.4. The molecule has 0 bridgehead atoms. The van der Waals surface area contributed by atoms with E-state index in [-0.39, 0.29) is 24.3 Å². The average Bonchev–Trinajstić information content (AvgIpc) is 2.88. The highest BCUT2D eigenvalue weighted by Crippen LogP contribution is 2.21. The van der Waals surface area contributed by atoms with E-state index in [1.807, 2.05) is 12.1 Å². The first-order valence-corrected chi connectivity index (χ1v) is 13.0. The molecule has 0 aromatic heterocycles. The smallest absolute Gasteiger partial charge is 0.311 e. The van der Waals surface area contributed by atoms with Gasteiger partial charge in [-0.25, -0.2) is 0 Å². The third-order valence-corrected chi connectivity index (χ3v) is 4.86. The van der Waals surface area contributed by atoms with E-state index in [9.17, 15) is 19.2 Å². The molecule has 38 heavy (non-hydrogen) atoms. The van der Waals surface area contributed by atoms with Crippen molar-refractivity contribution in [3.63, 3.8) is 0 Å². The number of aliphatic hydroxyl groups is 1. The molecule has 0 aliphatic carbocycles. The van der Waals surface area contributed by atoms with Crippen molar-refractivity contribution in [1.29, 1.82) is 0 Å². The zero-order valence-corrected chi connectivity index (χ0v) is 24.6. The Morgan fingerprint density at radius 1 is 0.842 bits per heavy atom. The first-order valence-electron chi connectivity index (χ1n) is 13.0. The number of amides is 3. The minimum Gasteiger partial charge on any atom is -0.481 e. The second-order valence-corrected chi connectivity index (χ2v) is 8.87. The van der Waals surface area contributed by atoms with E-state index in [2.05, 4.69) is 27.6 Å². The predicted molar refractivity (Wildman–Crippen MR) is 153 cm³/mol. The molecule has 3 amide bonds. The second kappa shape index (κ2) is 25.7. The van der Waals surface area contributed by atoms with Crippen LogP contribution in [0.25, 0.3) is 0 Å². The number of carboxylic acids is 1. The summed E-state index contributed by atoms with van der Waals surface area (Å²) in [6.07, 6.45) is 7.09. The van der Waals surface area contributed by atoms with Crippen LogP contribution in [-0.4, -0.2) is 61.3 Å². The van der Waals surface area contributed by atoms with Crippen molar-refractivity contribution in [1.82, 2.24) is 5.32 Å². The standard InChI is InChI=1S/C12H16N2O2.C9H19NO.C6H12O3.CH4O/c1-3-11(15)13-9-7-5-6-8-10(9)14-12(16)4-2;1-3-4-5-6-7-8-10-9(2)11;1-6(2,4-9-3)5(7)8;1-2/h5-8H,3-4H2,1-2H3,(H,13,15)(H,14,16);3-8H2,1-2H3,(H,10,11);4H2,1-3H3,(H,7,8);2H,1H3. The number of ether oxygens (including phenoxy) is 1. The Balaban J connectivity index is -0.000000490. The number of hydrogen-bond acceptors (Lipinski definition) is 6. The van der Waals surface area contributed by atoms with E-state index in [1.165, 1.54) is 32.8 Å². The van der Waals surface area contributed by atoms with Gasteiger partial charge in [-0.2, -0.15) is 0 Å². The minimum atomic E-state index is -0.829. The molecule has 0 aliphatic heterocycles. The summed E-state index contributed by atoms with van der Waals surface area (Å²) in [5, 5.41) is 23.7. The van der Waals surface area contributed by atoms with Crippen molar-refractivity contribution in [3.05, 3.63) is 24.3 Å². The van der Waals surface area contributed by atoms with Gasteiger partial charge < -0.3 is 30.9 Å². The Hall–Kier alpha value is -2.98. The molecule has 1 rings (SSSR count). The van der Waals surface area contributed by atoms with Crippen LogP contribution in [0, 0.1) is 5.41 Å². The van der Waals surface area contributed by atoms with Gasteiger partial charge in [-0.05, 0) is 32.4 Å². The lowest BCUT2D eigenvalue weighted by atomic mass is 9.96. The summed E-state index contributed by atoms with van der Waals surface area (Å²) >= 11 is 0. The van der Waals surface area contributed by atoms with E-state index in [4.69, 9.17) is 10.2 Å². The van der Waals surface area contributed by atoms with E-state index in [0.29, 0.717) is 24.2 Å². The lowest BCUT2D eigenvalue weighted by Crippen LogP contribution is -2.28. The maximum absolute atomic E-state index is 11.3. The highest BCUT2D eigenvalue weighted by atomic mass is 16.5. The normalized spacial score (nSPS) is 9.71. The molecule has 0 spiro atoms. The number of methoxy groups -OCH3 is 1. The largest absolute Gasteiger partial charge is 0.481 e. The van der Waals surface area contributed by atoms with Gasteiger partial charge in [0.05, 0.1) is 23.4 Å². The summed E-state index contributed by atoms with van der Waals surface area (Å²) in [7, 11) is 2.49. The van der Waals surface area contributed by atoms with Gasteiger partial charge in [-0.1, -0.05) is 58.6 Å². The van der Waals surface area contributed by atoms with Gasteiger partial charge in [0.15, 0.2) is 0 Å². The fourth-order valence-corrected chi connectivity index (χ4v) is 2.59. The zero-order chi connectivity index (χ0) is 30.0. The quantitative estimate of drug-likeness (QED) is 0.224. The monoisotopic (exact) mass is 541 g/mol. The molecule has 1 aromatic carbocycles. The van der Waals surface area contributed by atoms with Gasteiger partial charge in [0, 0.05) is 40.5 Å². The average molecular weight is 542 g/mol. The number of unbranched alkanes of at least 4 members (excludes halogenated alkanes) is 4. The number of rotatable bonds is 13. The molecule has 0 atom stereocenters. The van der Waals surface area contributed by atoms with Crippen LogP contribution in [0.15, 0.2) is 24.3 Å². The Morgan fingerprint density at radius 3 is 1.61 bits per heavy atom. The minimum absolute atomic E-state index is 0.0711. The Morgan fingerprint density at radius 2 is 1.29 bits per heavy atom. The summed E-state index contributed by atoms with van der Waals surface area (Å²) in [4.78, 5) is 43.3. The molecule has 0 aliphatic rings. The zero-order valence-electron chi connectivity index (χ0n) is 24.6. The van der Waals surface area contributed by atoms with Gasteiger partial charge >= 0.3 is 5.97 Å². The maximum Gasteiger partial charge on any atom is 0.311 e. The Labute approximate surface area is 228 Å². The van der Waals surface area contributed by atoms with Crippen LogP contribution in [0.3, 0.4) is 0 Å². The molecule has 1 aromatic rings. The summed E-state index contributed by atoms with van der Waals surface area (Å²) < 4.78 is 4.69. The highest BCUT2D eigenvalue weighted by Gasteiger charge is 2.26. The van der Waals surface area contributed by atoms with Crippen LogP contribution >= 0.6 is 0 Å². The van der Waals surface area contributed by atoms with Crippen LogP contribution in [0.2, 0.25) is 0 Å². The van der Waals surface area contributed by atoms with Gasteiger partial charge in [0.1, 0.15) is 0 Å². The fourth-order valence-electron chi connectivity index (χ4n) is 2.59. The summed E-state index contributed by atoms with van der Waals surface area (Å²) in [6, 6.07) is 7.15. The lowest BCUT2D eigenvalue weighted by Gasteiger charge is -2.16. The molecular formula is C28H51N3O7. The molecule has 0 saturated carbocycles. The number of hydrogen-bond donors (Lipinski definition) is 5. The van der Waals surface area contributed by atoms with Gasteiger partial charge in [0.2, 0.25) is 17.7 Å². The molecule has 0 heterocycles. The Bertz CT molecular complexity index is 746. The van der Waals surface area contributed by atoms with Gasteiger partial charge in [-0.15, -0.1) is 0 Å². The summed E-state index contributed by atoms with van der Waals surface area (Å²) in [5.74, 6) is -0.888. The number of para-hydroxylation sites is 2. The maximum atomic E-state index is 11.3. The second-order valence-electron chi connectivity index (χ2n) is 8.87. The van der Waals surface area contributed by atoms with Crippen LogP contribution in [0.4, 0.5) is 11.4 Å². The van der Waals surface area contributed by atoms with Crippen molar-refractivity contribution in [3.8, 4) is 0 Å². The molecule has 10 nitrogen and oxygen atoms in total. The summed E-state index contributed by atoms with van der Waals surface area (Å²) in [6.45, 7) is 11.7. The van der Waals surface area contributed by atoms with Crippen molar-refractivity contribution < 1.29 is 34.1 Å². The topological polar surface area (TPSA) is 154 Å². The molecular weight excluding hydrogens is 490 g/mol. The third-order valence-electron chi connectivity index (χ3n) is 4.86. The van der Waals surface area contributed by atoms with Crippen LogP contribution in [0.5, 0.6) is 0 Å². The van der Waals surface area contributed by atoms with E-state index < -0.39 is 11.4 Å². The van der Waals surface area contributed by atoms with E-state index >= 15 is 0 Å². The predicted octanol–water partition coefficient (Wildman–Crippen LogP) is 4.83. The molecule has 0 unspecified atom stereocenters. The number of benzene rings is 1. The van der Waals surface area contributed by atoms with Crippen molar-refractivity contribution in [2.24, 2.45) is 5.41 Å². The lowest BCUT2D eigenvalue weighted by molar-refractivity contribution is -0.149. The molecule has 5 N–H and O–H groups in total. The molecule has 0 radical (unpaired) electrons. The molecule has 220 valence electrons. The molecule has 0 saturated heterocycles. The van der Waals surface area contributed by atoms with E-state index in [0.717, 1.165) is 20.1 Å². The number of aliphatic hydroxyl groups excluding tert-OH is 1. The van der Waals surface area contributed by atoms with Crippen LogP contribution < -0.4 is 16.0 Å². The number of aliphatic carboxylic acids is 1. The first-order chi connectivity index (χ1) is 17.9.